The standard InChI is InChI=1S/C24H18F4O/c25-17-7-8-20(22(28)14-17)24(10-11-24)15-18(26)12-16-6-9-21(27)23(13-16)29-19-4-2-1-3-5-19/h1-9,13-15H,10-12H2/b18-15+. The average Bonchev–Trinajstić information content (AvgIpc) is 3.45. The highest BCUT2D eigenvalue weighted by Gasteiger charge is 2.44. The molecule has 1 saturated carbocycles. The molecule has 0 aliphatic heterocycles. The summed E-state index contributed by atoms with van der Waals surface area (Å²) in [7, 11) is 0. The van der Waals surface area contributed by atoms with E-state index < -0.39 is 28.7 Å². The van der Waals surface area contributed by atoms with E-state index in [4.69, 9.17) is 4.74 Å². The van der Waals surface area contributed by atoms with Crippen molar-refractivity contribution in [3.8, 4) is 11.5 Å². The topological polar surface area (TPSA) is 9.23 Å². The van der Waals surface area contributed by atoms with Crippen molar-refractivity contribution in [1.82, 2.24) is 0 Å². The van der Waals surface area contributed by atoms with E-state index in [1.807, 2.05) is 6.07 Å². The number of allylic oxidation sites excluding steroid dienone is 2. The van der Waals surface area contributed by atoms with Crippen LogP contribution in [0.5, 0.6) is 11.5 Å². The molecule has 1 aliphatic rings. The van der Waals surface area contributed by atoms with E-state index in [-0.39, 0.29) is 12.2 Å². The van der Waals surface area contributed by atoms with Crippen molar-refractivity contribution in [2.24, 2.45) is 0 Å². The Hall–Kier alpha value is -3.08. The van der Waals surface area contributed by atoms with Gasteiger partial charge < -0.3 is 4.74 Å². The number of hydrogen-bond donors (Lipinski definition) is 0. The van der Waals surface area contributed by atoms with Crippen LogP contribution >= 0.6 is 0 Å². The van der Waals surface area contributed by atoms with Gasteiger partial charge in [0, 0.05) is 17.9 Å². The second-order valence-corrected chi connectivity index (χ2v) is 7.23. The van der Waals surface area contributed by atoms with Gasteiger partial charge in [-0.05, 0) is 60.4 Å². The highest BCUT2D eigenvalue weighted by atomic mass is 19.1. The molecule has 0 unspecified atom stereocenters. The first-order valence-electron chi connectivity index (χ1n) is 9.29. The number of halogens is 4. The van der Waals surface area contributed by atoms with Gasteiger partial charge in [-0.3, -0.25) is 0 Å². The maximum Gasteiger partial charge on any atom is 0.165 e. The highest BCUT2D eigenvalue weighted by molar-refractivity contribution is 5.41. The van der Waals surface area contributed by atoms with E-state index >= 15 is 0 Å². The first-order valence-corrected chi connectivity index (χ1v) is 9.29. The van der Waals surface area contributed by atoms with Crippen molar-refractivity contribution in [3.63, 3.8) is 0 Å². The van der Waals surface area contributed by atoms with E-state index in [1.54, 1.807) is 24.3 Å². The van der Waals surface area contributed by atoms with Crippen LogP contribution in [0.3, 0.4) is 0 Å². The number of para-hydroxylation sites is 1. The normalized spacial score (nSPS) is 15.2. The largest absolute Gasteiger partial charge is 0.454 e. The molecule has 148 valence electrons. The minimum absolute atomic E-state index is 0.00668. The second kappa shape index (κ2) is 7.74. The molecule has 3 aromatic carbocycles. The van der Waals surface area contributed by atoms with Crippen LogP contribution in [-0.4, -0.2) is 0 Å². The van der Waals surface area contributed by atoms with Gasteiger partial charge in [0.1, 0.15) is 23.2 Å². The molecule has 1 nitrogen and oxygen atoms in total. The molecule has 1 aliphatic carbocycles. The first kappa shape index (κ1) is 19.2. The Morgan fingerprint density at radius 1 is 0.897 bits per heavy atom. The van der Waals surface area contributed by atoms with Gasteiger partial charge in [0.2, 0.25) is 0 Å². The maximum atomic E-state index is 14.7. The second-order valence-electron chi connectivity index (χ2n) is 7.23. The Morgan fingerprint density at radius 3 is 2.34 bits per heavy atom. The average molecular weight is 398 g/mol. The van der Waals surface area contributed by atoms with Gasteiger partial charge in [0.15, 0.2) is 11.6 Å². The highest BCUT2D eigenvalue weighted by Crippen LogP contribution is 2.51. The lowest BCUT2D eigenvalue weighted by Crippen LogP contribution is -2.07. The van der Waals surface area contributed by atoms with Gasteiger partial charge in [-0.1, -0.05) is 30.3 Å². The monoisotopic (exact) mass is 398 g/mol. The third-order valence-corrected chi connectivity index (χ3v) is 5.03. The van der Waals surface area contributed by atoms with Gasteiger partial charge in [0.05, 0.1) is 0 Å². The van der Waals surface area contributed by atoms with E-state index in [0.29, 0.717) is 29.7 Å². The molecule has 3 aromatic rings. The minimum atomic E-state index is -0.745. The fourth-order valence-electron chi connectivity index (χ4n) is 3.42. The van der Waals surface area contributed by atoms with Crippen LogP contribution in [-0.2, 0) is 11.8 Å². The van der Waals surface area contributed by atoms with Gasteiger partial charge in [-0.25, -0.2) is 17.6 Å². The number of benzene rings is 3. The molecule has 1 fully saturated rings. The molecule has 0 radical (unpaired) electrons. The Morgan fingerprint density at radius 2 is 1.66 bits per heavy atom. The summed E-state index contributed by atoms with van der Waals surface area (Å²) in [6.45, 7) is 0. The summed E-state index contributed by atoms with van der Waals surface area (Å²) < 4.78 is 61.6. The summed E-state index contributed by atoms with van der Waals surface area (Å²) >= 11 is 0. The number of ether oxygens (including phenoxy) is 1. The summed E-state index contributed by atoms with van der Waals surface area (Å²) in [6.07, 6.45) is 2.50. The zero-order chi connectivity index (χ0) is 20.4. The van der Waals surface area contributed by atoms with Crippen molar-refractivity contribution < 1.29 is 22.3 Å². The summed E-state index contributed by atoms with van der Waals surface area (Å²) in [5.41, 5.74) is 0.0772. The van der Waals surface area contributed by atoms with Crippen LogP contribution in [0.25, 0.3) is 0 Å². The fourth-order valence-corrected chi connectivity index (χ4v) is 3.42. The summed E-state index contributed by atoms with van der Waals surface area (Å²) in [5, 5.41) is 0. The maximum absolute atomic E-state index is 14.7. The zero-order valence-corrected chi connectivity index (χ0v) is 15.5. The van der Waals surface area contributed by atoms with E-state index in [2.05, 4.69) is 0 Å². The Kier molecular flexibility index (Phi) is 5.14. The van der Waals surface area contributed by atoms with Gasteiger partial charge in [-0.15, -0.1) is 0 Å². The van der Waals surface area contributed by atoms with Crippen LogP contribution < -0.4 is 4.74 Å². The van der Waals surface area contributed by atoms with Crippen molar-refractivity contribution in [1.29, 1.82) is 0 Å². The molecule has 4 rings (SSSR count). The molecule has 0 spiro atoms. The fraction of sp³-hybridized carbons (Fsp3) is 0.167. The Bertz CT molecular complexity index is 1060. The van der Waals surface area contributed by atoms with Crippen molar-refractivity contribution in [3.05, 3.63) is 107 Å². The van der Waals surface area contributed by atoms with Crippen LogP contribution in [0.2, 0.25) is 0 Å². The molecule has 0 atom stereocenters. The van der Waals surface area contributed by atoms with Gasteiger partial charge >= 0.3 is 0 Å². The number of rotatable bonds is 6. The molecule has 0 amide bonds. The SMILES string of the molecule is F/C(=C/C1(c2ccc(F)cc2F)CC1)Cc1ccc(F)c(Oc2ccccc2)c1. The summed E-state index contributed by atoms with van der Waals surface area (Å²) in [6, 6.07) is 16.3. The molecule has 5 heteroatoms. The van der Waals surface area contributed by atoms with E-state index in [9.17, 15) is 17.6 Å². The number of hydrogen-bond acceptors (Lipinski definition) is 1. The Labute approximate surface area is 166 Å². The lowest BCUT2D eigenvalue weighted by molar-refractivity contribution is 0.441. The van der Waals surface area contributed by atoms with Crippen molar-refractivity contribution in [2.45, 2.75) is 24.7 Å². The van der Waals surface area contributed by atoms with E-state index in [1.165, 1.54) is 36.4 Å². The van der Waals surface area contributed by atoms with Crippen LogP contribution in [0.4, 0.5) is 17.6 Å². The molecule has 0 bridgehead atoms. The zero-order valence-electron chi connectivity index (χ0n) is 15.5. The third kappa shape index (κ3) is 4.34. The Balaban J connectivity index is 1.54. The van der Waals surface area contributed by atoms with Gasteiger partial charge in [0.25, 0.3) is 0 Å². The predicted molar refractivity (Wildman–Crippen MR) is 103 cm³/mol. The quantitative estimate of drug-likeness (QED) is 0.405. The molecular weight excluding hydrogens is 380 g/mol. The minimum Gasteiger partial charge on any atom is -0.454 e. The first-order chi connectivity index (χ1) is 13.9. The van der Waals surface area contributed by atoms with Crippen molar-refractivity contribution >= 4 is 0 Å². The van der Waals surface area contributed by atoms with Crippen LogP contribution in [0.15, 0.2) is 78.6 Å². The predicted octanol–water partition coefficient (Wildman–Crippen LogP) is 7.02. The lowest BCUT2D eigenvalue weighted by atomic mass is 9.93. The summed E-state index contributed by atoms with van der Waals surface area (Å²) in [4.78, 5) is 0. The lowest BCUT2D eigenvalue weighted by Gasteiger charge is -2.13. The van der Waals surface area contributed by atoms with Crippen molar-refractivity contribution in [2.75, 3.05) is 0 Å². The molecule has 0 heterocycles. The molecular formula is C24H18F4O. The van der Waals surface area contributed by atoms with Gasteiger partial charge in [-0.2, -0.15) is 0 Å². The smallest absolute Gasteiger partial charge is 0.165 e. The molecule has 0 aromatic heterocycles. The van der Waals surface area contributed by atoms with E-state index in [0.717, 1.165) is 6.07 Å². The third-order valence-electron chi connectivity index (χ3n) is 5.03. The summed E-state index contributed by atoms with van der Waals surface area (Å²) in [5.74, 6) is -1.86. The van der Waals surface area contributed by atoms with Crippen LogP contribution in [0.1, 0.15) is 24.0 Å². The molecule has 0 N–H and O–H groups in total. The van der Waals surface area contributed by atoms with Crippen LogP contribution in [0, 0.1) is 17.5 Å². The molecule has 29 heavy (non-hydrogen) atoms. The molecule has 0 saturated heterocycles.